The van der Waals surface area contributed by atoms with E-state index in [-0.39, 0.29) is 13.0 Å². The van der Waals surface area contributed by atoms with Gasteiger partial charge in [0, 0.05) is 18.8 Å². The summed E-state index contributed by atoms with van der Waals surface area (Å²) in [6.45, 7) is -1.08. The van der Waals surface area contributed by atoms with Gasteiger partial charge in [-0.05, 0) is 6.42 Å². The molecule has 0 spiro atoms. The minimum Gasteiger partial charge on any atom is -0.480 e. The SMILES string of the molecule is N[C@H](CCn1c(=O)ccn([C@@H]2O[C@H](COP(=O)(O)O)[C@@H](O)[C@H]2O)c1=O)C(=O)O. The van der Waals surface area contributed by atoms with Gasteiger partial charge in [-0.25, -0.2) is 9.36 Å². The molecule has 14 nitrogen and oxygen atoms in total. The molecule has 5 atom stereocenters. The summed E-state index contributed by atoms with van der Waals surface area (Å²) in [6.07, 6.45) is -5.36. The van der Waals surface area contributed by atoms with Crippen molar-refractivity contribution in [3.05, 3.63) is 33.1 Å². The summed E-state index contributed by atoms with van der Waals surface area (Å²) in [5, 5.41) is 28.9. The minimum absolute atomic E-state index is 0.218. The van der Waals surface area contributed by atoms with Crippen LogP contribution in [0, 0.1) is 0 Å². The maximum Gasteiger partial charge on any atom is 0.469 e. The van der Waals surface area contributed by atoms with Crippen LogP contribution in [0.5, 0.6) is 0 Å². The van der Waals surface area contributed by atoms with Crippen molar-refractivity contribution in [3.63, 3.8) is 0 Å². The summed E-state index contributed by atoms with van der Waals surface area (Å²) in [5.41, 5.74) is 3.65. The summed E-state index contributed by atoms with van der Waals surface area (Å²) >= 11 is 0. The highest BCUT2D eigenvalue weighted by Crippen LogP contribution is 2.38. The summed E-state index contributed by atoms with van der Waals surface area (Å²) < 4.78 is 21.7. The molecule has 0 unspecified atom stereocenters. The number of aromatic nitrogens is 2. The maximum atomic E-state index is 12.5. The van der Waals surface area contributed by atoms with Gasteiger partial charge in [0.05, 0.1) is 6.61 Å². The molecule has 0 aliphatic carbocycles. The van der Waals surface area contributed by atoms with Crippen LogP contribution < -0.4 is 17.0 Å². The zero-order chi connectivity index (χ0) is 21.2. The van der Waals surface area contributed by atoms with Crippen molar-refractivity contribution in [2.24, 2.45) is 5.73 Å². The molecule has 1 aromatic rings. The number of aliphatic carboxylic acids is 1. The molecule has 1 fully saturated rings. The topological polar surface area (TPSA) is 224 Å². The Bertz CT molecular complexity index is 877. The van der Waals surface area contributed by atoms with E-state index in [4.69, 9.17) is 25.4 Å². The van der Waals surface area contributed by atoms with Gasteiger partial charge in [0.1, 0.15) is 24.4 Å². The van der Waals surface area contributed by atoms with Crippen molar-refractivity contribution in [3.8, 4) is 0 Å². The van der Waals surface area contributed by atoms with Crippen LogP contribution in [0.25, 0.3) is 0 Å². The first-order valence-corrected chi connectivity index (χ1v) is 9.47. The van der Waals surface area contributed by atoms with E-state index in [1.165, 1.54) is 0 Å². The van der Waals surface area contributed by atoms with Gasteiger partial charge in [-0.1, -0.05) is 0 Å². The number of ether oxygens (including phenoxy) is 1. The summed E-state index contributed by atoms with van der Waals surface area (Å²) in [4.78, 5) is 52.7. The van der Waals surface area contributed by atoms with Crippen LogP contribution in [-0.4, -0.2) is 71.2 Å². The number of aliphatic hydroxyl groups is 2. The number of hydrogen-bond donors (Lipinski definition) is 6. The highest BCUT2D eigenvalue weighted by atomic mass is 31.2. The van der Waals surface area contributed by atoms with Crippen molar-refractivity contribution in [2.45, 2.75) is 43.5 Å². The molecule has 7 N–H and O–H groups in total. The summed E-state index contributed by atoms with van der Waals surface area (Å²) in [6, 6.07) is -0.334. The van der Waals surface area contributed by atoms with Gasteiger partial charge in [-0.2, -0.15) is 0 Å². The maximum absolute atomic E-state index is 12.5. The van der Waals surface area contributed by atoms with Crippen molar-refractivity contribution in [1.82, 2.24) is 9.13 Å². The Hall–Kier alpha value is -1.90. The Balaban J connectivity index is 2.24. The fourth-order valence-electron chi connectivity index (χ4n) is 2.59. The van der Waals surface area contributed by atoms with Crippen LogP contribution >= 0.6 is 7.82 Å². The van der Waals surface area contributed by atoms with Gasteiger partial charge in [0.15, 0.2) is 6.23 Å². The lowest BCUT2D eigenvalue weighted by Gasteiger charge is -2.19. The Morgan fingerprint density at radius 3 is 2.54 bits per heavy atom. The number of aliphatic hydroxyl groups excluding tert-OH is 2. The molecule has 158 valence electrons. The summed E-state index contributed by atoms with van der Waals surface area (Å²) in [5.74, 6) is -1.31. The number of hydrogen-bond acceptors (Lipinski definition) is 9. The van der Waals surface area contributed by atoms with Crippen LogP contribution in [0.2, 0.25) is 0 Å². The molecule has 15 heteroatoms. The average Bonchev–Trinajstić information content (AvgIpc) is 2.87. The number of nitrogens with zero attached hydrogens (tertiary/aromatic N) is 2. The second-order valence-electron chi connectivity index (χ2n) is 6.06. The molecular formula is C13H20N3O11P. The quantitative estimate of drug-likeness (QED) is 0.224. The molecule has 0 saturated carbocycles. The lowest BCUT2D eigenvalue weighted by Crippen LogP contribution is -2.44. The lowest BCUT2D eigenvalue weighted by molar-refractivity contribution is -0.138. The fraction of sp³-hybridized carbons (Fsp3) is 0.615. The molecule has 1 aromatic heterocycles. The van der Waals surface area contributed by atoms with Gasteiger partial charge in [-0.3, -0.25) is 23.2 Å². The molecule has 1 aliphatic rings. The molecule has 0 aromatic carbocycles. The molecule has 1 saturated heterocycles. The number of carbonyl (C=O) groups is 1. The van der Waals surface area contributed by atoms with E-state index in [9.17, 15) is 29.2 Å². The van der Waals surface area contributed by atoms with Gasteiger partial charge in [-0.15, -0.1) is 0 Å². The average molecular weight is 425 g/mol. The number of phosphoric acid groups is 1. The zero-order valence-corrected chi connectivity index (χ0v) is 15.2. The van der Waals surface area contributed by atoms with Crippen molar-refractivity contribution >= 4 is 13.8 Å². The third-order valence-corrected chi connectivity index (χ3v) is 4.58. The molecule has 0 amide bonds. The normalized spacial score (nSPS) is 26.3. The fourth-order valence-corrected chi connectivity index (χ4v) is 2.93. The zero-order valence-electron chi connectivity index (χ0n) is 14.3. The second kappa shape index (κ2) is 8.63. The third-order valence-electron chi connectivity index (χ3n) is 4.09. The van der Waals surface area contributed by atoms with Gasteiger partial charge >= 0.3 is 19.5 Å². The van der Waals surface area contributed by atoms with E-state index in [0.717, 1.165) is 16.8 Å². The number of rotatable bonds is 8. The van der Waals surface area contributed by atoms with Crippen molar-refractivity contribution < 1.29 is 43.7 Å². The predicted octanol–water partition coefficient (Wildman–Crippen LogP) is -3.46. The first kappa shape index (κ1) is 22.4. The number of carboxylic acid groups (broad SMARTS) is 1. The predicted molar refractivity (Wildman–Crippen MR) is 89.1 cm³/mol. The Kier molecular flexibility index (Phi) is 6.90. The van der Waals surface area contributed by atoms with Crippen molar-refractivity contribution in [1.29, 1.82) is 0 Å². The second-order valence-corrected chi connectivity index (χ2v) is 7.30. The Labute approximate surface area is 156 Å². The van der Waals surface area contributed by atoms with Crippen LogP contribution in [0.15, 0.2) is 21.9 Å². The highest BCUT2D eigenvalue weighted by molar-refractivity contribution is 7.46. The van der Waals surface area contributed by atoms with E-state index in [1.54, 1.807) is 0 Å². The first-order valence-electron chi connectivity index (χ1n) is 7.94. The van der Waals surface area contributed by atoms with Crippen LogP contribution in [-0.2, 0) is 25.2 Å². The molecule has 0 bridgehead atoms. The van der Waals surface area contributed by atoms with E-state index in [1.807, 2.05) is 0 Å². The Morgan fingerprint density at radius 1 is 1.32 bits per heavy atom. The van der Waals surface area contributed by atoms with E-state index < -0.39 is 62.2 Å². The van der Waals surface area contributed by atoms with Crippen molar-refractivity contribution in [2.75, 3.05) is 6.61 Å². The molecule has 2 heterocycles. The standard InChI is InChI=1S/C13H20N3O11P/c14-6(12(20)21)1-3-15-8(17)2-4-16(13(15)22)11-10(19)9(18)7(27-11)5-26-28(23,24)25/h2,4,6-7,9-11,18-19H,1,3,5,14H2,(H,20,21)(H2,23,24,25)/t6-,7-,9-,10-,11-/m1/s1. The molecule has 28 heavy (non-hydrogen) atoms. The molecule has 2 rings (SSSR count). The van der Waals surface area contributed by atoms with Gasteiger partial charge in [0.2, 0.25) is 0 Å². The van der Waals surface area contributed by atoms with Crippen LogP contribution in [0.3, 0.4) is 0 Å². The van der Waals surface area contributed by atoms with Crippen LogP contribution in [0.1, 0.15) is 12.6 Å². The lowest BCUT2D eigenvalue weighted by atomic mass is 10.1. The minimum atomic E-state index is -4.85. The molecule has 0 radical (unpaired) electrons. The number of carboxylic acids is 1. The smallest absolute Gasteiger partial charge is 0.469 e. The first-order chi connectivity index (χ1) is 12.9. The number of phosphoric ester groups is 1. The van der Waals surface area contributed by atoms with E-state index in [0.29, 0.717) is 4.57 Å². The number of nitrogens with two attached hydrogens (primary N) is 1. The monoisotopic (exact) mass is 425 g/mol. The summed E-state index contributed by atoms with van der Waals surface area (Å²) in [7, 11) is -4.85. The molecular weight excluding hydrogens is 405 g/mol. The van der Waals surface area contributed by atoms with Crippen LogP contribution in [0.4, 0.5) is 0 Å². The van der Waals surface area contributed by atoms with Gasteiger partial charge < -0.3 is 35.6 Å². The highest BCUT2D eigenvalue weighted by Gasteiger charge is 2.45. The largest absolute Gasteiger partial charge is 0.480 e. The van der Waals surface area contributed by atoms with E-state index in [2.05, 4.69) is 4.52 Å². The molecule has 1 aliphatic heterocycles. The third kappa shape index (κ3) is 5.12. The van der Waals surface area contributed by atoms with Gasteiger partial charge in [0.25, 0.3) is 5.56 Å². The Morgan fingerprint density at radius 2 is 1.96 bits per heavy atom. The van der Waals surface area contributed by atoms with E-state index >= 15 is 0 Å².